The van der Waals surface area contributed by atoms with Gasteiger partial charge in [-0.1, -0.05) is 19.4 Å². The van der Waals surface area contributed by atoms with Crippen molar-refractivity contribution in [3.63, 3.8) is 0 Å². The van der Waals surface area contributed by atoms with Gasteiger partial charge in [-0.3, -0.25) is 4.90 Å². The Morgan fingerprint density at radius 1 is 1.42 bits per heavy atom. The highest BCUT2D eigenvalue weighted by molar-refractivity contribution is 5.36. The van der Waals surface area contributed by atoms with Gasteiger partial charge < -0.3 is 4.74 Å². The van der Waals surface area contributed by atoms with Gasteiger partial charge in [0.2, 0.25) is 0 Å². The molecule has 3 nitrogen and oxygen atoms in total. The molecular weight excluding hydrogens is 236 g/mol. The monoisotopic (exact) mass is 258 g/mol. The Balaban J connectivity index is 1.80. The molecular formula is C16H22N2O. The Bertz CT molecular complexity index is 439. The smallest absolute Gasteiger partial charge is 0.120 e. The lowest BCUT2D eigenvalue weighted by molar-refractivity contribution is 0.120. The molecule has 1 aliphatic rings. The molecule has 1 atom stereocenters. The van der Waals surface area contributed by atoms with Gasteiger partial charge in [0, 0.05) is 12.6 Å². The van der Waals surface area contributed by atoms with E-state index in [1.165, 1.54) is 32.2 Å². The molecule has 1 aromatic rings. The number of hydrogen-bond acceptors (Lipinski definition) is 3. The number of piperidine rings is 1. The van der Waals surface area contributed by atoms with Gasteiger partial charge >= 0.3 is 0 Å². The highest BCUT2D eigenvalue weighted by Gasteiger charge is 2.20. The minimum atomic E-state index is 0.655. The zero-order chi connectivity index (χ0) is 13.5. The number of nitriles is 1. The van der Waals surface area contributed by atoms with Crippen LogP contribution >= 0.6 is 0 Å². The van der Waals surface area contributed by atoms with Gasteiger partial charge in [-0.2, -0.15) is 5.26 Å². The lowest BCUT2D eigenvalue weighted by Gasteiger charge is -2.34. The predicted octanol–water partition coefficient (Wildman–Crippen LogP) is 3.20. The Hall–Kier alpha value is -1.53. The molecule has 1 fully saturated rings. The summed E-state index contributed by atoms with van der Waals surface area (Å²) in [6.07, 6.45) is 5.21. The van der Waals surface area contributed by atoms with E-state index in [0.717, 1.165) is 18.3 Å². The molecule has 0 aliphatic carbocycles. The second-order valence-corrected chi connectivity index (χ2v) is 5.08. The van der Waals surface area contributed by atoms with Gasteiger partial charge in [0.15, 0.2) is 0 Å². The Morgan fingerprint density at radius 2 is 2.32 bits per heavy atom. The van der Waals surface area contributed by atoms with E-state index in [4.69, 9.17) is 10.00 Å². The van der Waals surface area contributed by atoms with Crippen LogP contribution in [0, 0.1) is 11.3 Å². The molecule has 0 amide bonds. The Kier molecular flexibility index (Phi) is 5.23. The van der Waals surface area contributed by atoms with Gasteiger partial charge in [0.05, 0.1) is 11.6 Å². The minimum Gasteiger partial charge on any atom is -0.492 e. The SMILES string of the molecule is CCC1CCCCN1CCOc1cccc(C#N)c1. The number of ether oxygens (including phenoxy) is 1. The topological polar surface area (TPSA) is 36.3 Å². The molecule has 0 spiro atoms. The first-order chi connectivity index (χ1) is 9.33. The van der Waals surface area contributed by atoms with Crippen LogP contribution in [-0.4, -0.2) is 30.6 Å². The molecule has 1 heterocycles. The summed E-state index contributed by atoms with van der Waals surface area (Å²) in [5.41, 5.74) is 0.655. The molecule has 0 radical (unpaired) electrons. The third-order valence-corrected chi connectivity index (χ3v) is 3.83. The molecule has 1 saturated heterocycles. The molecule has 2 rings (SSSR count). The van der Waals surface area contributed by atoms with Crippen LogP contribution in [0.25, 0.3) is 0 Å². The third kappa shape index (κ3) is 3.97. The maximum Gasteiger partial charge on any atom is 0.120 e. The van der Waals surface area contributed by atoms with Crippen molar-refractivity contribution < 1.29 is 4.74 Å². The number of likely N-dealkylation sites (tertiary alicyclic amines) is 1. The van der Waals surface area contributed by atoms with Crippen molar-refractivity contribution >= 4 is 0 Å². The fourth-order valence-corrected chi connectivity index (χ4v) is 2.75. The third-order valence-electron chi connectivity index (χ3n) is 3.83. The van der Waals surface area contributed by atoms with Gasteiger partial charge in [-0.15, -0.1) is 0 Å². The second kappa shape index (κ2) is 7.16. The standard InChI is InChI=1S/C16H22N2O/c1-2-15-7-3-4-9-18(15)10-11-19-16-8-5-6-14(12-16)13-17/h5-6,8,12,15H,2-4,7,9-11H2,1H3. The number of nitrogens with zero attached hydrogens (tertiary/aromatic N) is 2. The average Bonchev–Trinajstić information content (AvgIpc) is 2.48. The lowest BCUT2D eigenvalue weighted by Crippen LogP contribution is -2.41. The quantitative estimate of drug-likeness (QED) is 0.813. The summed E-state index contributed by atoms with van der Waals surface area (Å²) in [7, 11) is 0. The van der Waals surface area contributed by atoms with Crippen LogP contribution in [0.3, 0.4) is 0 Å². The van der Waals surface area contributed by atoms with Crippen molar-refractivity contribution in [2.45, 2.75) is 38.6 Å². The molecule has 19 heavy (non-hydrogen) atoms. The van der Waals surface area contributed by atoms with Gasteiger partial charge in [-0.25, -0.2) is 0 Å². The van der Waals surface area contributed by atoms with Crippen LogP contribution in [0.4, 0.5) is 0 Å². The molecule has 3 heteroatoms. The van der Waals surface area contributed by atoms with Crippen LogP contribution in [0.15, 0.2) is 24.3 Å². The fraction of sp³-hybridized carbons (Fsp3) is 0.562. The van der Waals surface area contributed by atoms with Gasteiger partial charge in [0.25, 0.3) is 0 Å². The Labute approximate surface area is 115 Å². The van der Waals surface area contributed by atoms with Crippen LogP contribution in [0.2, 0.25) is 0 Å². The van der Waals surface area contributed by atoms with Gasteiger partial charge in [-0.05, 0) is 44.0 Å². The first kappa shape index (κ1) is 13.9. The lowest BCUT2D eigenvalue weighted by atomic mass is 10.0. The summed E-state index contributed by atoms with van der Waals surface area (Å²) in [6, 6.07) is 10.2. The van der Waals surface area contributed by atoms with E-state index in [9.17, 15) is 0 Å². The summed E-state index contributed by atoms with van der Waals surface area (Å²) in [4.78, 5) is 2.54. The normalized spacial score (nSPS) is 19.9. The summed E-state index contributed by atoms with van der Waals surface area (Å²) < 4.78 is 5.75. The van der Waals surface area contributed by atoms with Crippen molar-refractivity contribution in [3.05, 3.63) is 29.8 Å². The summed E-state index contributed by atoms with van der Waals surface area (Å²) in [5, 5.41) is 8.84. The van der Waals surface area contributed by atoms with Crippen molar-refractivity contribution in [2.24, 2.45) is 0 Å². The molecule has 0 saturated carbocycles. The summed E-state index contributed by atoms with van der Waals surface area (Å²) in [6.45, 7) is 5.14. The average molecular weight is 258 g/mol. The van der Waals surface area contributed by atoms with Crippen LogP contribution in [-0.2, 0) is 0 Å². The van der Waals surface area contributed by atoms with Crippen molar-refractivity contribution in [2.75, 3.05) is 19.7 Å². The maximum absolute atomic E-state index is 8.84. The molecule has 0 bridgehead atoms. The largest absolute Gasteiger partial charge is 0.492 e. The number of hydrogen-bond donors (Lipinski definition) is 0. The molecule has 1 aliphatic heterocycles. The first-order valence-corrected chi connectivity index (χ1v) is 7.20. The zero-order valence-electron chi connectivity index (χ0n) is 11.6. The van der Waals surface area contributed by atoms with Crippen LogP contribution in [0.5, 0.6) is 5.75 Å². The van der Waals surface area contributed by atoms with Crippen molar-refractivity contribution in [1.82, 2.24) is 4.90 Å². The number of rotatable bonds is 5. The van der Waals surface area contributed by atoms with E-state index < -0.39 is 0 Å². The molecule has 1 aromatic carbocycles. The second-order valence-electron chi connectivity index (χ2n) is 5.08. The van der Waals surface area contributed by atoms with Gasteiger partial charge in [0.1, 0.15) is 12.4 Å². The van der Waals surface area contributed by atoms with Crippen molar-refractivity contribution in [1.29, 1.82) is 5.26 Å². The maximum atomic E-state index is 8.84. The number of benzene rings is 1. The first-order valence-electron chi connectivity index (χ1n) is 7.20. The van der Waals surface area contributed by atoms with Crippen LogP contribution in [0.1, 0.15) is 38.2 Å². The molecule has 0 aromatic heterocycles. The molecule has 102 valence electrons. The van der Waals surface area contributed by atoms with Crippen molar-refractivity contribution in [3.8, 4) is 11.8 Å². The van der Waals surface area contributed by atoms with E-state index in [2.05, 4.69) is 17.9 Å². The van der Waals surface area contributed by atoms with E-state index in [-0.39, 0.29) is 0 Å². The van der Waals surface area contributed by atoms with Crippen LogP contribution < -0.4 is 4.74 Å². The Morgan fingerprint density at radius 3 is 3.11 bits per heavy atom. The van der Waals surface area contributed by atoms with E-state index in [1.807, 2.05) is 12.1 Å². The predicted molar refractivity (Wildman–Crippen MR) is 76.2 cm³/mol. The summed E-state index contributed by atoms with van der Waals surface area (Å²) >= 11 is 0. The van der Waals surface area contributed by atoms with E-state index in [1.54, 1.807) is 12.1 Å². The highest BCUT2D eigenvalue weighted by atomic mass is 16.5. The molecule has 1 unspecified atom stereocenters. The zero-order valence-corrected chi connectivity index (χ0v) is 11.6. The minimum absolute atomic E-state index is 0.655. The fourth-order valence-electron chi connectivity index (χ4n) is 2.75. The molecule has 0 N–H and O–H groups in total. The summed E-state index contributed by atoms with van der Waals surface area (Å²) in [5.74, 6) is 0.795. The van der Waals surface area contributed by atoms with E-state index in [0.29, 0.717) is 12.2 Å². The van der Waals surface area contributed by atoms with E-state index >= 15 is 0 Å². The highest BCUT2D eigenvalue weighted by Crippen LogP contribution is 2.19.